The molecule has 2 unspecified atom stereocenters. The summed E-state index contributed by atoms with van der Waals surface area (Å²) in [6.45, 7) is 0.281. The van der Waals surface area contributed by atoms with Crippen LogP contribution in [-0.4, -0.2) is 35.9 Å². The number of thioether (sulfide) groups is 1. The molecule has 0 N–H and O–H groups in total. The Morgan fingerprint density at radius 1 is 0.927 bits per heavy atom. The first-order valence-corrected chi connectivity index (χ1v) is 16.7. The molecule has 206 valence electrons. The van der Waals surface area contributed by atoms with Gasteiger partial charge in [-0.05, 0) is 53.3 Å². The van der Waals surface area contributed by atoms with Crippen molar-refractivity contribution in [2.45, 2.75) is 30.3 Å². The summed E-state index contributed by atoms with van der Waals surface area (Å²) in [6, 6.07) is 28.9. The lowest BCUT2D eigenvalue weighted by Gasteiger charge is -2.27. The van der Waals surface area contributed by atoms with Crippen LogP contribution in [0.4, 0.5) is 5.69 Å². The van der Waals surface area contributed by atoms with Gasteiger partial charge in [-0.3, -0.25) is 14.7 Å². The van der Waals surface area contributed by atoms with Gasteiger partial charge in [-0.25, -0.2) is 0 Å². The SMILES string of the molecule is O=C1CCS/C(=N/S(=O)(=O)c2ccc(N3N=C4c5ccccc5CC4C3c3cccs3)cc2)N1Cc1ccccc1. The van der Waals surface area contributed by atoms with Crippen molar-refractivity contribution in [3.05, 3.63) is 118 Å². The molecule has 0 bridgehead atoms. The van der Waals surface area contributed by atoms with E-state index in [1.54, 1.807) is 35.6 Å². The van der Waals surface area contributed by atoms with E-state index >= 15 is 0 Å². The summed E-state index contributed by atoms with van der Waals surface area (Å²) in [5.41, 5.74) is 5.33. The van der Waals surface area contributed by atoms with Gasteiger partial charge in [0, 0.05) is 28.5 Å². The first kappa shape index (κ1) is 26.2. The molecule has 0 radical (unpaired) electrons. The van der Waals surface area contributed by atoms with Crippen LogP contribution >= 0.6 is 23.1 Å². The van der Waals surface area contributed by atoms with E-state index in [0.29, 0.717) is 12.2 Å². The van der Waals surface area contributed by atoms with Gasteiger partial charge >= 0.3 is 0 Å². The zero-order valence-corrected chi connectivity index (χ0v) is 24.4. The number of hydrazone groups is 1. The number of carbonyl (C=O) groups excluding carboxylic acids is 1. The minimum Gasteiger partial charge on any atom is -0.286 e. The Hall–Kier alpha value is -3.73. The minimum absolute atomic E-state index is 0.0382. The molecule has 2 atom stereocenters. The maximum atomic E-state index is 13.4. The summed E-state index contributed by atoms with van der Waals surface area (Å²) in [6.07, 6.45) is 1.27. The number of hydrogen-bond acceptors (Lipinski definition) is 7. The van der Waals surface area contributed by atoms with Crippen LogP contribution in [-0.2, 0) is 27.8 Å². The molecule has 7 nitrogen and oxygen atoms in total. The average molecular weight is 599 g/mol. The number of fused-ring (bicyclic) bond motifs is 3. The van der Waals surface area contributed by atoms with Gasteiger partial charge in [0.05, 0.1) is 28.9 Å². The van der Waals surface area contributed by atoms with E-state index in [2.05, 4.69) is 40.1 Å². The standard InChI is InChI=1S/C31H26N4O3S3/c36-28-16-18-40-31(34(28)20-21-7-2-1-3-8-21)33-41(37,38)24-14-12-23(13-15-24)35-30(27-11-6-17-39-27)26-19-22-9-4-5-10-25(22)29(26)32-35/h1-15,17,26,30H,16,18-20H2/b33-31+. The van der Waals surface area contributed by atoms with E-state index in [-0.39, 0.29) is 34.5 Å². The summed E-state index contributed by atoms with van der Waals surface area (Å²) >= 11 is 3.00. The Balaban J connectivity index is 1.19. The number of amides is 1. The number of sulfonamides is 1. The van der Waals surface area contributed by atoms with Gasteiger partial charge in [0.2, 0.25) is 5.91 Å². The lowest BCUT2D eigenvalue weighted by atomic mass is 9.94. The Labute approximate surface area is 247 Å². The van der Waals surface area contributed by atoms with Crippen LogP contribution in [0.25, 0.3) is 0 Å². The number of anilines is 1. The summed E-state index contributed by atoms with van der Waals surface area (Å²) < 4.78 is 31.0. The van der Waals surface area contributed by atoms with Gasteiger partial charge < -0.3 is 0 Å². The first-order chi connectivity index (χ1) is 20.0. The number of rotatable bonds is 6. The molecule has 1 aromatic heterocycles. The highest BCUT2D eigenvalue weighted by Crippen LogP contribution is 2.47. The average Bonchev–Trinajstić information content (AvgIpc) is 3.72. The fourth-order valence-corrected chi connectivity index (χ4v) is 8.74. The maximum absolute atomic E-state index is 13.4. The zero-order valence-electron chi connectivity index (χ0n) is 22.0. The Kier molecular flexibility index (Phi) is 6.76. The van der Waals surface area contributed by atoms with Crippen LogP contribution in [0.15, 0.2) is 111 Å². The van der Waals surface area contributed by atoms with Crippen LogP contribution < -0.4 is 5.01 Å². The van der Waals surface area contributed by atoms with Gasteiger partial charge in [0.15, 0.2) is 5.17 Å². The molecule has 0 saturated carbocycles. The van der Waals surface area contributed by atoms with Crippen LogP contribution in [0.2, 0.25) is 0 Å². The predicted octanol–water partition coefficient (Wildman–Crippen LogP) is 6.10. The molecule has 1 amide bonds. The van der Waals surface area contributed by atoms with Crippen molar-refractivity contribution in [3.63, 3.8) is 0 Å². The van der Waals surface area contributed by atoms with E-state index < -0.39 is 10.0 Å². The fraction of sp³-hybridized carbons (Fsp3) is 0.194. The molecule has 7 rings (SSSR count). The molecule has 2 aliphatic heterocycles. The van der Waals surface area contributed by atoms with E-state index in [1.165, 1.54) is 32.7 Å². The number of nitrogens with zero attached hydrogens (tertiary/aromatic N) is 4. The second-order valence-electron chi connectivity index (χ2n) is 10.2. The highest BCUT2D eigenvalue weighted by atomic mass is 32.2. The summed E-state index contributed by atoms with van der Waals surface area (Å²) in [5, 5.41) is 9.40. The number of amidine groups is 1. The summed E-state index contributed by atoms with van der Waals surface area (Å²) in [4.78, 5) is 15.5. The molecule has 0 spiro atoms. The number of hydrogen-bond donors (Lipinski definition) is 0. The maximum Gasteiger partial charge on any atom is 0.284 e. The molecular formula is C31H26N4O3S3. The van der Waals surface area contributed by atoms with Crippen molar-refractivity contribution in [2.75, 3.05) is 10.8 Å². The molecule has 3 aromatic carbocycles. The lowest BCUT2D eigenvalue weighted by molar-refractivity contribution is -0.127. The van der Waals surface area contributed by atoms with E-state index in [1.807, 2.05) is 41.4 Å². The molecular weight excluding hydrogens is 573 g/mol. The molecule has 41 heavy (non-hydrogen) atoms. The summed E-state index contributed by atoms with van der Waals surface area (Å²) in [7, 11) is -4.04. The third-order valence-corrected chi connectivity index (χ3v) is 11.0. The minimum atomic E-state index is -4.04. The second-order valence-corrected chi connectivity index (χ2v) is 13.8. The van der Waals surface area contributed by atoms with Gasteiger partial charge in [-0.1, -0.05) is 72.4 Å². The van der Waals surface area contributed by atoms with Gasteiger partial charge in [0.25, 0.3) is 10.0 Å². The highest BCUT2D eigenvalue weighted by Gasteiger charge is 2.44. The van der Waals surface area contributed by atoms with Crippen molar-refractivity contribution in [1.29, 1.82) is 0 Å². The molecule has 10 heteroatoms. The van der Waals surface area contributed by atoms with Crippen LogP contribution in [0.5, 0.6) is 0 Å². The molecule has 3 heterocycles. The fourth-order valence-electron chi connectivity index (χ4n) is 5.69. The number of carbonyl (C=O) groups is 1. The molecule has 1 fully saturated rings. The van der Waals surface area contributed by atoms with Gasteiger partial charge in [-0.2, -0.15) is 13.5 Å². The first-order valence-electron chi connectivity index (χ1n) is 13.4. The van der Waals surface area contributed by atoms with Crippen molar-refractivity contribution < 1.29 is 13.2 Å². The largest absolute Gasteiger partial charge is 0.286 e. The van der Waals surface area contributed by atoms with E-state index in [0.717, 1.165) is 23.4 Å². The van der Waals surface area contributed by atoms with E-state index in [9.17, 15) is 13.2 Å². The normalized spacial score (nSPS) is 21.2. The lowest BCUT2D eigenvalue weighted by Crippen LogP contribution is -2.39. The molecule has 3 aliphatic rings. The van der Waals surface area contributed by atoms with Crippen LogP contribution in [0.1, 0.15) is 34.0 Å². The van der Waals surface area contributed by atoms with Gasteiger partial charge in [-0.15, -0.1) is 15.7 Å². The molecule has 1 saturated heterocycles. The third-order valence-electron chi connectivity index (χ3n) is 7.64. The molecule has 4 aromatic rings. The topological polar surface area (TPSA) is 82.4 Å². The summed E-state index contributed by atoms with van der Waals surface area (Å²) in [5.74, 6) is 0.607. The Morgan fingerprint density at radius 3 is 2.49 bits per heavy atom. The predicted molar refractivity (Wildman–Crippen MR) is 165 cm³/mol. The molecule has 1 aliphatic carbocycles. The van der Waals surface area contributed by atoms with Gasteiger partial charge in [0.1, 0.15) is 0 Å². The van der Waals surface area contributed by atoms with Crippen molar-refractivity contribution >= 4 is 55.6 Å². The van der Waals surface area contributed by atoms with Crippen LogP contribution in [0.3, 0.4) is 0 Å². The smallest absolute Gasteiger partial charge is 0.284 e. The number of benzene rings is 3. The van der Waals surface area contributed by atoms with E-state index in [4.69, 9.17) is 5.10 Å². The van der Waals surface area contributed by atoms with Crippen molar-refractivity contribution in [3.8, 4) is 0 Å². The monoisotopic (exact) mass is 598 g/mol. The Morgan fingerprint density at radius 2 is 1.71 bits per heavy atom. The quantitative estimate of drug-likeness (QED) is 0.268. The Bertz CT molecular complexity index is 1770. The highest BCUT2D eigenvalue weighted by molar-refractivity contribution is 8.14. The zero-order chi connectivity index (χ0) is 28.0. The van der Waals surface area contributed by atoms with Crippen molar-refractivity contribution in [1.82, 2.24) is 4.90 Å². The number of thiophene rings is 1. The second kappa shape index (κ2) is 10.6. The van der Waals surface area contributed by atoms with Crippen LogP contribution in [0, 0.1) is 5.92 Å². The third kappa shape index (κ3) is 4.90. The van der Waals surface area contributed by atoms with Crippen molar-refractivity contribution in [2.24, 2.45) is 15.4 Å².